The van der Waals surface area contributed by atoms with E-state index < -0.39 is 46.8 Å². The molecule has 0 spiro atoms. The van der Waals surface area contributed by atoms with Gasteiger partial charge in [-0.3, -0.25) is 14.4 Å². The Bertz CT molecular complexity index is 1640. The lowest BCUT2D eigenvalue weighted by Crippen LogP contribution is -2.45. The first-order valence-electron chi connectivity index (χ1n) is 14.3. The van der Waals surface area contributed by atoms with Crippen LogP contribution in [0, 0.1) is 0 Å². The van der Waals surface area contributed by atoms with E-state index in [9.17, 15) is 29.7 Å². The Morgan fingerprint density at radius 1 is 1.00 bits per heavy atom. The molecule has 3 aromatic rings. The normalized spacial score (nSPS) is 24.9. The topological polar surface area (TPSA) is 143 Å². The number of hydrogen-bond donors (Lipinski definition) is 3. The maximum Gasteiger partial charge on any atom is 0.202 e. The molecule has 3 aliphatic rings. The Morgan fingerprint density at radius 2 is 1.72 bits per heavy atom. The summed E-state index contributed by atoms with van der Waals surface area (Å²) >= 11 is 0. The van der Waals surface area contributed by atoms with Crippen LogP contribution in [0.25, 0.3) is 0 Å². The third-order valence-corrected chi connectivity index (χ3v) is 8.66. The number of phenols is 2. The molecular formula is C33H33NO9. The van der Waals surface area contributed by atoms with E-state index in [4.69, 9.17) is 14.2 Å². The van der Waals surface area contributed by atoms with E-state index in [1.54, 1.807) is 6.07 Å². The number of rotatable bonds is 5. The van der Waals surface area contributed by atoms with E-state index >= 15 is 0 Å². The summed E-state index contributed by atoms with van der Waals surface area (Å²) in [4.78, 5) is 42.3. The number of para-hydroxylation sites is 1. The van der Waals surface area contributed by atoms with Gasteiger partial charge in [-0.15, -0.1) is 0 Å². The smallest absolute Gasteiger partial charge is 0.202 e. The Hall–Kier alpha value is -4.25. The summed E-state index contributed by atoms with van der Waals surface area (Å²) in [5.41, 5.74) is -1.66. The van der Waals surface area contributed by atoms with E-state index in [0.29, 0.717) is 19.5 Å². The number of carbonyl (C=O) groups is 3. The predicted molar refractivity (Wildman–Crippen MR) is 155 cm³/mol. The number of aromatic hydroxyl groups is 2. The second-order valence-electron chi connectivity index (χ2n) is 11.4. The minimum Gasteiger partial charge on any atom is -0.507 e. The van der Waals surface area contributed by atoms with Gasteiger partial charge in [-0.1, -0.05) is 30.3 Å². The van der Waals surface area contributed by atoms with E-state index in [1.807, 2.05) is 37.3 Å². The number of Topliss-reactive ketones (excluding diaryl/α,β-unsaturated/α-hetero) is 1. The first-order valence-corrected chi connectivity index (χ1v) is 14.3. The molecule has 0 bridgehead atoms. The molecule has 1 aliphatic heterocycles. The molecule has 3 N–H and O–H groups in total. The van der Waals surface area contributed by atoms with Gasteiger partial charge in [0.05, 0.1) is 36.0 Å². The highest BCUT2D eigenvalue weighted by Gasteiger charge is 2.49. The van der Waals surface area contributed by atoms with Gasteiger partial charge in [-0.2, -0.15) is 0 Å². The van der Waals surface area contributed by atoms with Crippen molar-refractivity contribution >= 4 is 23.0 Å². The molecule has 224 valence electrons. The van der Waals surface area contributed by atoms with Gasteiger partial charge >= 0.3 is 0 Å². The number of methoxy groups -OCH3 is 1. The van der Waals surface area contributed by atoms with Gasteiger partial charge in [0.15, 0.2) is 17.9 Å². The molecule has 4 atom stereocenters. The highest BCUT2D eigenvalue weighted by Crippen LogP contribution is 2.52. The number of nitrogens with zero attached hydrogens (tertiary/aromatic N) is 1. The highest BCUT2D eigenvalue weighted by molar-refractivity contribution is 6.31. The number of ketones is 3. The Balaban J connectivity index is 1.43. The van der Waals surface area contributed by atoms with Crippen molar-refractivity contribution < 1.29 is 43.9 Å². The third kappa shape index (κ3) is 4.75. The van der Waals surface area contributed by atoms with Crippen LogP contribution in [-0.4, -0.2) is 70.9 Å². The van der Waals surface area contributed by atoms with Gasteiger partial charge in [0.25, 0.3) is 0 Å². The number of phenolic OH excluding ortho intramolecular Hbond substituents is 2. The van der Waals surface area contributed by atoms with Gasteiger partial charge in [0.2, 0.25) is 5.78 Å². The van der Waals surface area contributed by atoms with E-state index in [0.717, 1.165) is 5.69 Å². The standard InChI is InChI=1S/C33H33NO9/c1-17-16-34(19-8-5-4-6-9-19)13-12-24(42-17)43-23-15-33(40,18(2)35)14-21-26(23)32(39)28-27(30(21)37)29(36)20-10-7-11-22(41-3)25(20)31(28)38/h4-11,17,23-24,37,39-40H,12-16H2,1-3H3. The molecule has 4 unspecified atom stereocenters. The largest absolute Gasteiger partial charge is 0.507 e. The van der Waals surface area contributed by atoms with Gasteiger partial charge in [0.1, 0.15) is 22.8 Å². The Morgan fingerprint density at radius 3 is 2.42 bits per heavy atom. The van der Waals surface area contributed by atoms with Crippen molar-refractivity contribution in [2.45, 2.75) is 57.2 Å². The average Bonchev–Trinajstić information content (AvgIpc) is 3.18. The minimum atomic E-state index is -1.95. The van der Waals surface area contributed by atoms with E-state index in [1.165, 1.54) is 26.2 Å². The van der Waals surface area contributed by atoms with Crippen molar-refractivity contribution in [1.29, 1.82) is 0 Å². The Labute approximate surface area is 248 Å². The summed E-state index contributed by atoms with van der Waals surface area (Å²) < 4.78 is 17.9. The summed E-state index contributed by atoms with van der Waals surface area (Å²) in [7, 11) is 1.37. The zero-order chi connectivity index (χ0) is 30.6. The minimum absolute atomic E-state index is 0.0146. The summed E-state index contributed by atoms with van der Waals surface area (Å²) in [6, 6.07) is 14.4. The van der Waals surface area contributed by atoms with Crippen molar-refractivity contribution in [3.63, 3.8) is 0 Å². The SMILES string of the molecule is COc1cccc2c1C(=O)c1c(O)c3c(c(O)c1C2=O)CC(O)(C(C)=O)CC3OC1CCN(c2ccccc2)CC(C)O1. The van der Waals surface area contributed by atoms with Crippen LogP contribution in [0.5, 0.6) is 17.2 Å². The maximum atomic E-state index is 13.8. The molecule has 1 heterocycles. The van der Waals surface area contributed by atoms with Crippen molar-refractivity contribution in [2.24, 2.45) is 0 Å². The molecule has 0 aromatic heterocycles. The van der Waals surface area contributed by atoms with E-state index in [2.05, 4.69) is 4.90 Å². The van der Waals surface area contributed by atoms with Crippen LogP contribution < -0.4 is 9.64 Å². The summed E-state index contributed by atoms with van der Waals surface area (Å²) in [6.07, 6.45) is -2.40. The first-order chi connectivity index (χ1) is 20.5. The second-order valence-corrected chi connectivity index (χ2v) is 11.4. The molecule has 43 heavy (non-hydrogen) atoms. The van der Waals surface area contributed by atoms with Gasteiger partial charge in [-0.05, 0) is 32.0 Å². The van der Waals surface area contributed by atoms with Crippen LogP contribution in [0.15, 0.2) is 48.5 Å². The summed E-state index contributed by atoms with van der Waals surface area (Å²) in [5.74, 6) is -2.90. The molecule has 0 radical (unpaired) electrons. The van der Waals surface area contributed by atoms with Crippen molar-refractivity contribution in [1.82, 2.24) is 0 Å². The van der Waals surface area contributed by atoms with Crippen molar-refractivity contribution in [2.75, 3.05) is 25.1 Å². The molecule has 1 saturated heterocycles. The molecule has 0 amide bonds. The van der Waals surface area contributed by atoms with Crippen LogP contribution in [0.3, 0.4) is 0 Å². The van der Waals surface area contributed by atoms with Crippen LogP contribution in [0.1, 0.15) is 75.8 Å². The zero-order valence-corrected chi connectivity index (χ0v) is 24.1. The van der Waals surface area contributed by atoms with Gasteiger partial charge in [0, 0.05) is 54.7 Å². The van der Waals surface area contributed by atoms with Crippen LogP contribution in [-0.2, 0) is 20.7 Å². The Kier molecular flexibility index (Phi) is 7.24. The summed E-state index contributed by atoms with van der Waals surface area (Å²) in [6.45, 7) is 4.32. The van der Waals surface area contributed by atoms with Crippen LogP contribution in [0.4, 0.5) is 5.69 Å². The zero-order valence-electron chi connectivity index (χ0n) is 24.1. The van der Waals surface area contributed by atoms with Gasteiger partial charge in [-0.25, -0.2) is 0 Å². The van der Waals surface area contributed by atoms with Crippen molar-refractivity contribution in [3.05, 3.63) is 81.9 Å². The second kappa shape index (κ2) is 10.8. The lowest BCUT2D eigenvalue weighted by Gasteiger charge is -2.39. The molecule has 10 nitrogen and oxygen atoms in total. The van der Waals surface area contributed by atoms with Crippen molar-refractivity contribution in [3.8, 4) is 17.2 Å². The number of ether oxygens (including phenoxy) is 3. The fourth-order valence-electron chi connectivity index (χ4n) is 6.49. The van der Waals surface area contributed by atoms with Crippen LogP contribution >= 0.6 is 0 Å². The monoisotopic (exact) mass is 587 g/mol. The fourth-order valence-corrected chi connectivity index (χ4v) is 6.49. The lowest BCUT2D eigenvalue weighted by molar-refractivity contribution is -0.201. The van der Waals surface area contributed by atoms with Crippen LogP contribution in [0.2, 0.25) is 0 Å². The molecule has 2 aliphatic carbocycles. The lowest BCUT2D eigenvalue weighted by atomic mass is 9.72. The highest BCUT2D eigenvalue weighted by atomic mass is 16.7. The number of aliphatic hydroxyl groups is 1. The number of hydrogen-bond acceptors (Lipinski definition) is 10. The summed E-state index contributed by atoms with van der Waals surface area (Å²) in [5, 5.41) is 34.6. The number of benzene rings is 3. The average molecular weight is 588 g/mol. The molecule has 6 rings (SSSR count). The number of carbonyl (C=O) groups excluding carboxylic acids is 3. The number of fused-ring (bicyclic) bond motifs is 3. The van der Waals surface area contributed by atoms with E-state index in [-0.39, 0.29) is 58.1 Å². The molecule has 3 aromatic carbocycles. The molecular weight excluding hydrogens is 554 g/mol. The molecule has 10 heteroatoms. The first kappa shape index (κ1) is 28.9. The predicted octanol–water partition coefficient (Wildman–Crippen LogP) is 3.85. The molecule has 0 saturated carbocycles. The number of anilines is 1. The molecule has 1 fully saturated rings. The quantitative estimate of drug-likeness (QED) is 0.295. The maximum absolute atomic E-state index is 13.8. The van der Waals surface area contributed by atoms with Gasteiger partial charge < -0.3 is 34.4 Å². The fraction of sp³-hybridized carbons (Fsp3) is 0.364. The third-order valence-electron chi connectivity index (χ3n) is 8.66.